The Kier molecular flexibility index (Phi) is 68.4. The molecule has 3 N–H and O–H groups in total. The first-order valence-electron chi connectivity index (χ1n) is 40.5. The molecule has 0 radical (unpaired) electrons. The second kappa shape index (κ2) is 69.8. The zero-order valence-electron chi connectivity index (χ0n) is 63.4. The van der Waals surface area contributed by atoms with Crippen molar-refractivity contribution in [2.45, 2.75) is 426 Å². The molecule has 0 saturated carbocycles. The van der Waals surface area contributed by atoms with Crippen LogP contribution >= 0.6 is 15.6 Å². The normalized spacial score (nSPS) is 14.2. The molecule has 0 spiro atoms. The smallest absolute Gasteiger partial charge is 0.462 e. The predicted molar refractivity (Wildman–Crippen MR) is 395 cm³/mol. The topological polar surface area (TPSA) is 237 Å². The van der Waals surface area contributed by atoms with Gasteiger partial charge in [0.2, 0.25) is 0 Å². The fraction of sp³-hybridized carbons (Fsp3) is 0.949. The van der Waals surface area contributed by atoms with E-state index in [1.807, 2.05) is 0 Å². The highest BCUT2D eigenvalue weighted by molar-refractivity contribution is 7.47. The van der Waals surface area contributed by atoms with Gasteiger partial charge in [0.05, 0.1) is 26.4 Å². The van der Waals surface area contributed by atoms with Gasteiger partial charge in [-0.1, -0.05) is 356 Å². The van der Waals surface area contributed by atoms with E-state index in [-0.39, 0.29) is 25.7 Å². The molecular weight excluding hydrogens is 1270 g/mol. The van der Waals surface area contributed by atoms with Crippen molar-refractivity contribution in [1.82, 2.24) is 0 Å². The zero-order valence-corrected chi connectivity index (χ0v) is 65.2. The van der Waals surface area contributed by atoms with Gasteiger partial charge in [-0.3, -0.25) is 37.3 Å². The molecule has 0 rings (SSSR count). The monoisotopic (exact) mass is 1420 g/mol. The Labute approximate surface area is 594 Å². The zero-order chi connectivity index (χ0) is 71.4. The van der Waals surface area contributed by atoms with Crippen molar-refractivity contribution >= 4 is 39.5 Å². The molecule has 3 unspecified atom stereocenters. The van der Waals surface area contributed by atoms with Crippen molar-refractivity contribution in [1.29, 1.82) is 0 Å². The van der Waals surface area contributed by atoms with Crippen LogP contribution in [0, 0.1) is 11.8 Å². The van der Waals surface area contributed by atoms with Crippen LogP contribution < -0.4 is 0 Å². The summed E-state index contributed by atoms with van der Waals surface area (Å²) in [7, 11) is -9.92. The summed E-state index contributed by atoms with van der Waals surface area (Å²) in [4.78, 5) is 73.0. The quantitative estimate of drug-likeness (QED) is 0.0222. The lowest BCUT2D eigenvalue weighted by molar-refractivity contribution is -0.161. The van der Waals surface area contributed by atoms with E-state index in [2.05, 4.69) is 41.5 Å². The van der Waals surface area contributed by atoms with Gasteiger partial charge in [0.1, 0.15) is 19.3 Å². The number of aliphatic hydroxyl groups excluding tert-OH is 1. The summed E-state index contributed by atoms with van der Waals surface area (Å²) in [6.45, 7) is 9.67. The van der Waals surface area contributed by atoms with Crippen LogP contribution in [0.4, 0.5) is 0 Å². The van der Waals surface area contributed by atoms with Gasteiger partial charge < -0.3 is 33.8 Å². The number of aliphatic hydroxyl groups is 1. The van der Waals surface area contributed by atoms with Gasteiger partial charge in [-0.05, 0) is 37.5 Å². The molecule has 97 heavy (non-hydrogen) atoms. The van der Waals surface area contributed by atoms with Crippen molar-refractivity contribution < 1.29 is 80.2 Å². The van der Waals surface area contributed by atoms with Gasteiger partial charge in [-0.25, -0.2) is 9.13 Å². The van der Waals surface area contributed by atoms with Crippen molar-refractivity contribution in [3.8, 4) is 0 Å². The molecule has 0 aromatic heterocycles. The van der Waals surface area contributed by atoms with Gasteiger partial charge in [-0.15, -0.1) is 0 Å². The molecule has 0 aromatic rings. The summed E-state index contributed by atoms with van der Waals surface area (Å²) < 4.78 is 68.7. The molecular formula is C78H152O17P2. The van der Waals surface area contributed by atoms with Crippen molar-refractivity contribution in [3.05, 3.63) is 0 Å². The lowest BCUT2D eigenvalue weighted by Gasteiger charge is -2.21. The van der Waals surface area contributed by atoms with Crippen LogP contribution in [0.5, 0.6) is 0 Å². The van der Waals surface area contributed by atoms with Crippen molar-refractivity contribution in [2.75, 3.05) is 39.6 Å². The molecule has 0 bridgehead atoms. The number of phosphoric ester groups is 2. The largest absolute Gasteiger partial charge is 0.472 e. The van der Waals surface area contributed by atoms with Crippen LogP contribution in [0.1, 0.15) is 408 Å². The minimum absolute atomic E-state index is 0.107. The van der Waals surface area contributed by atoms with Crippen molar-refractivity contribution in [3.63, 3.8) is 0 Å². The number of hydrogen-bond acceptors (Lipinski definition) is 15. The summed E-state index contributed by atoms with van der Waals surface area (Å²) in [5.74, 6) is -0.513. The van der Waals surface area contributed by atoms with Crippen LogP contribution in [0.15, 0.2) is 0 Å². The molecule has 0 heterocycles. The molecule has 0 aliphatic rings. The summed E-state index contributed by atoms with van der Waals surface area (Å²) in [5, 5.41) is 10.6. The molecule has 0 fully saturated rings. The standard InChI is InChI=1S/C78H152O17P2/c1-7-10-12-14-16-18-20-22-26-30-38-44-50-56-62-77(82)94-73(66-88-75(80)60-54-48-42-36-29-24-21-19-17-15-13-11-8-2)68-92-96(84,85)90-64-72(79)65-91-97(86,87)93-69-74(67-89-76(81)61-55-49-43-37-33-32-35-41-47-53-59-71(6)9-3)95-78(83)63-57-51-45-39-31-27-23-25-28-34-40-46-52-58-70(4)5/h70-74,79H,7-69H2,1-6H3,(H,84,85)(H,86,87)/t71?,72-,73+,74+/m0/s1. The van der Waals surface area contributed by atoms with Crippen LogP contribution in [0.2, 0.25) is 0 Å². The number of phosphoric acid groups is 2. The summed E-state index contributed by atoms with van der Waals surface area (Å²) >= 11 is 0. The molecule has 0 aliphatic heterocycles. The Morgan fingerprint density at radius 2 is 0.526 bits per heavy atom. The van der Waals surface area contributed by atoms with E-state index in [9.17, 15) is 43.2 Å². The minimum Gasteiger partial charge on any atom is -0.462 e. The van der Waals surface area contributed by atoms with E-state index in [4.69, 9.17) is 37.0 Å². The lowest BCUT2D eigenvalue weighted by Crippen LogP contribution is -2.30. The number of ether oxygens (including phenoxy) is 4. The first-order valence-corrected chi connectivity index (χ1v) is 43.5. The van der Waals surface area contributed by atoms with E-state index in [1.54, 1.807) is 0 Å². The number of unbranched alkanes of at least 4 members (excludes halogenated alkanes) is 46. The molecule has 19 heteroatoms. The van der Waals surface area contributed by atoms with E-state index < -0.39 is 97.5 Å². The van der Waals surface area contributed by atoms with Crippen LogP contribution in [-0.2, 0) is 65.4 Å². The van der Waals surface area contributed by atoms with E-state index in [1.165, 1.54) is 225 Å². The van der Waals surface area contributed by atoms with E-state index >= 15 is 0 Å². The van der Waals surface area contributed by atoms with Crippen LogP contribution in [-0.4, -0.2) is 96.7 Å². The predicted octanol–water partition coefficient (Wildman–Crippen LogP) is 23.1. The Morgan fingerprint density at radius 1 is 0.299 bits per heavy atom. The number of carbonyl (C=O) groups excluding carboxylic acids is 4. The van der Waals surface area contributed by atoms with E-state index in [0.29, 0.717) is 25.7 Å². The molecule has 0 amide bonds. The Balaban J connectivity index is 5.27. The Bertz CT molecular complexity index is 1870. The van der Waals surface area contributed by atoms with E-state index in [0.717, 1.165) is 102 Å². The molecule has 0 saturated heterocycles. The third-order valence-electron chi connectivity index (χ3n) is 18.6. The fourth-order valence-electron chi connectivity index (χ4n) is 12.0. The second-order valence-corrected chi connectivity index (χ2v) is 31.7. The van der Waals surface area contributed by atoms with Crippen LogP contribution in [0.3, 0.4) is 0 Å². The molecule has 6 atom stereocenters. The lowest BCUT2D eigenvalue weighted by atomic mass is 9.99. The Hall–Kier alpha value is -1.94. The number of esters is 4. The Morgan fingerprint density at radius 3 is 0.784 bits per heavy atom. The maximum absolute atomic E-state index is 13.1. The number of hydrogen-bond donors (Lipinski definition) is 3. The molecule has 17 nitrogen and oxygen atoms in total. The average Bonchev–Trinajstić information content (AvgIpc) is 2.56. The SMILES string of the molecule is CCCCCCCCCCCCCCCCC(=O)O[C@H](COC(=O)CCCCCCCCCCCCCCC)COP(=O)(O)OC[C@H](O)COP(=O)(O)OC[C@@H](COC(=O)CCCCCCCCCCCCC(C)CC)OC(=O)CCCCCCCCCCCCCCCC(C)C. The first-order chi connectivity index (χ1) is 46.9. The fourth-order valence-corrected chi connectivity index (χ4v) is 13.6. The summed E-state index contributed by atoms with van der Waals surface area (Å²) in [5.41, 5.74) is 0. The van der Waals surface area contributed by atoms with Gasteiger partial charge in [0, 0.05) is 25.7 Å². The first kappa shape index (κ1) is 95.1. The minimum atomic E-state index is -4.96. The van der Waals surface area contributed by atoms with Crippen LogP contribution in [0.25, 0.3) is 0 Å². The molecule has 576 valence electrons. The second-order valence-electron chi connectivity index (χ2n) is 28.8. The maximum Gasteiger partial charge on any atom is 0.472 e. The van der Waals surface area contributed by atoms with Gasteiger partial charge in [0.25, 0.3) is 0 Å². The highest BCUT2D eigenvalue weighted by Gasteiger charge is 2.30. The van der Waals surface area contributed by atoms with Gasteiger partial charge in [-0.2, -0.15) is 0 Å². The maximum atomic E-state index is 13.1. The highest BCUT2D eigenvalue weighted by atomic mass is 31.2. The van der Waals surface area contributed by atoms with Gasteiger partial charge >= 0.3 is 39.5 Å². The average molecular weight is 1420 g/mol. The summed E-state index contributed by atoms with van der Waals surface area (Å²) in [6, 6.07) is 0. The van der Waals surface area contributed by atoms with Gasteiger partial charge in [0.15, 0.2) is 12.2 Å². The highest BCUT2D eigenvalue weighted by Crippen LogP contribution is 2.45. The molecule has 0 aromatic carbocycles. The number of carbonyl (C=O) groups is 4. The van der Waals surface area contributed by atoms with Crippen molar-refractivity contribution in [2.24, 2.45) is 11.8 Å². The molecule has 0 aliphatic carbocycles. The number of rotatable bonds is 77. The third kappa shape index (κ3) is 70.9. The third-order valence-corrected chi connectivity index (χ3v) is 20.5. The summed E-state index contributed by atoms with van der Waals surface area (Å²) in [6.07, 6.45) is 58.0.